The van der Waals surface area contributed by atoms with Gasteiger partial charge in [-0.1, -0.05) is 35.9 Å². The first-order chi connectivity index (χ1) is 14.6. The summed E-state index contributed by atoms with van der Waals surface area (Å²) in [5.74, 6) is 0.985. The van der Waals surface area contributed by atoms with Gasteiger partial charge >= 0.3 is 0 Å². The molecule has 0 aliphatic carbocycles. The minimum absolute atomic E-state index is 0.713. The van der Waals surface area contributed by atoms with E-state index >= 15 is 0 Å². The minimum atomic E-state index is 0.713. The Morgan fingerprint density at radius 1 is 0.900 bits per heavy atom. The summed E-state index contributed by atoms with van der Waals surface area (Å²) >= 11 is 6.17. The molecular weight excluding hydrogens is 394 g/mol. The lowest BCUT2D eigenvalue weighted by atomic mass is 10.1. The van der Waals surface area contributed by atoms with E-state index in [1.807, 2.05) is 41.2 Å². The lowest BCUT2D eigenvalue weighted by molar-refractivity contribution is 0.646. The normalized spacial score (nSPS) is 14.5. The first-order valence-electron chi connectivity index (χ1n) is 10.3. The minimum Gasteiger partial charge on any atom is -0.368 e. The van der Waals surface area contributed by atoms with Crippen molar-refractivity contribution in [1.29, 1.82) is 0 Å². The van der Waals surface area contributed by atoms with E-state index in [0.717, 1.165) is 48.8 Å². The molecule has 152 valence electrons. The van der Waals surface area contributed by atoms with Crippen LogP contribution in [0.1, 0.15) is 11.1 Å². The van der Waals surface area contributed by atoms with Crippen molar-refractivity contribution in [3.05, 3.63) is 77.1 Å². The van der Waals surface area contributed by atoms with Crippen LogP contribution in [-0.2, 0) is 0 Å². The fourth-order valence-electron chi connectivity index (χ4n) is 4.18. The summed E-state index contributed by atoms with van der Waals surface area (Å²) in [4.78, 5) is 9.55. The van der Waals surface area contributed by atoms with Gasteiger partial charge in [0, 0.05) is 54.8 Å². The molecule has 30 heavy (non-hydrogen) atoms. The molecule has 3 heterocycles. The third-order valence-electron chi connectivity index (χ3n) is 5.99. The van der Waals surface area contributed by atoms with Gasteiger partial charge in [0.25, 0.3) is 0 Å². The number of aromatic nitrogens is 3. The number of piperazine rings is 1. The highest BCUT2D eigenvalue weighted by atomic mass is 35.5. The first-order valence-corrected chi connectivity index (χ1v) is 10.6. The van der Waals surface area contributed by atoms with E-state index in [-0.39, 0.29) is 0 Å². The van der Waals surface area contributed by atoms with Gasteiger partial charge in [-0.25, -0.2) is 9.50 Å². The van der Waals surface area contributed by atoms with Crippen LogP contribution < -0.4 is 9.80 Å². The predicted molar refractivity (Wildman–Crippen MR) is 124 cm³/mol. The molecule has 1 fully saturated rings. The quantitative estimate of drug-likeness (QED) is 0.470. The topological polar surface area (TPSA) is 36.7 Å². The molecular formula is C24H24ClN5. The predicted octanol–water partition coefficient (Wildman–Crippen LogP) is 4.99. The Hall–Kier alpha value is -3.05. The molecule has 4 aromatic rings. The van der Waals surface area contributed by atoms with Crippen LogP contribution in [0.5, 0.6) is 0 Å². The van der Waals surface area contributed by atoms with E-state index in [2.05, 4.69) is 47.9 Å². The number of halogens is 1. The lowest BCUT2D eigenvalue weighted by Gasteiger charge is -2.37. The summed E-state index contributed by atoms with van der Waals surface area (Å²) in [6.07, 6.45) is 3.73. The highest BCUT2D eigenvalue weighted by molar-refractivity contribution is 6.30. The van der Waals surface area contributed by atoms with Crippen LogP contribution in [0.15, 0.2) is 60.9 Å². The van der Waals surface area contributed by atoms with Gasteiger partial charge in [-0.3, -0.25) is 0 Å². The molecule has 6 heteroatoms. The molecule has 5 nitrogen and oxygen atoms in total. The zero-order chi connectivity index (χ0) is 20.7. The second kappa shape index (κ2) is 7.65. The third-order valence-corrected chi connectivity index (χ3v) is 6.22. The Morgan fingerprint density at radius 3 is 2.47 bits per heavy atom. The Bertz CT molecular complexity index is 1210. The molecule has 0 saturated carbocycles. The number of benzene rings is 2. The molecule has 0 bridgehead atoms. The average Bonchev–Trinajstić information content (AvgIpc) is 3.20. The molecule has 2 aromatic carbocycles. The van der Waals surface area contributed by atoms with Crippen LogP contribution in [0.4, 0.5) is 11.5 Å². The maximum absolute atomic E-state index is 6.17. The zero-order valence-electron chi connectivity index (χ0n) is 17.2. The van der Waals surface area contributed by atoms with Crippen LogP contribution in [0, 0.1) is 13.8 Å². The van der Waals surface area contributed by atoms with E-state index in [0.29, 0.717) is 5.02 Å². The summed E-state index contributed by atoms with van der Waals surface area (Å²) in [6, 6.07) is 16.5. The number of anilines is 2. The Labute approximate surface area is 181 Å². The SMILES string of the molecule is Cc1cccc(N2CCN(c3nccn4nc(-c5cccc(Cl)c5)cc34)CC2)c1C. The van der Waals surface area contributed by atoms with Crippen molar-refractivity contribution in [3.8, 4) is 11.3 Å². The van der Waals surface area contributed by atoms with Gasteiger partial charge in [0.15, 0.2) is 5.82 Å². The maximum Gasteiger partial charge on any atom is 0.154 e. The average molecular weight is 418 g/mol. The van der Waals surface area contributed by atoms with Crippen molar-refractivity contribution in [2.45, 2.75) is 13.8 Å². The molecule has 0 amide bonds. The van der Waals surface area contributed by atoms with Gasteiger partial charge in [0.2, 0.25) is 0 Å². The van der Waals surface area contributed by atoms with Gasteiger partial charge < -0.3 is 9.80 Å². The number of aryl methyl sites for hydroxylation is 1. The smallest absolute Gasteiger partial charge is 0.154 e. The maximum atomic E-state index is 6.17. The van der Waals surface area contributed by atoms with Crippen molar-refractivity contribution in [2.24, 2.45) is 0 Å². The van der Waals surface area contributed by atoms with Crippen LogP contribution >= 0.6 is 11.6 Å². The summed E-state index contributed by atoms with van der Waals surface area (Å²) in [6.45, 7) is 8.19. The Morgan fingerprint density at radius 2 is 1.67 bits per heavy atom. The molecule has 0 atom stereocenters. The Balaban J connectivity index is 1.41. The largest absolute Gasteiger partial charge is 0.368 e. The van der Waals surface area contributed by atoms with Gasteiger partial charge in [-0.2, -0.15) is 5.10 Å². The second-order valence-electron chi connectivity index (χ2n) is 7.81. The molecule has 1 aliphatic heterocycles. The van der Waals surface area contributed by atoms with Gasteiger partial charge in [0.1, 0.15) is 5.52 Å². The number of rotatable bonds is 3. The van der Waals surface area contributed by atoms with E-state index in [9.17, 15) is 0 Å². The second-order valence-corrected chi connectivity index (χ2v) is 8.25. The number of hydrogen-bond donors (Lipinski definition) is 0. The highest BCUT2D eigenvalue weighted by Crippen LogP contribution is 2.29. The van der Waals surface area contributed by atoms with Gasteiger partial charge in [0.05, 0.1) is 5.69 Å². The lowest BCUT2D eigenvalue weighted by Crippen LogP contribution is -2.47. The van der Waals surface area contributed by atoms with Crippen molar-refractivity contribution in [2.75, 3.05) is 36.0 Å². The van der Waals surface area contributed by atoms with Crippen LogP contribution in [0.2, 0.25) is 5.02 Å². The van der Waals surface area contributed by atoms with Crippen LogP contribution in [-0.4, -0.2) is 40.8 Å². The standard InChI is InChI=1S/C24H24ClN5/c1-17-5-3-8-22(18(17)2)28-11-13-29(14-12-28)24-23-16-21(27-30(23)10-9-26-24)19-6-4-7-20(25)15-19/h3-10,15-16H,11-14H2,1-2H3. The van der Waals surface area contributed by atoms with E-state index in [1.54, 1.807) is 0 Å². The van der Waals surface area contributed by atoms with Crippen LogP contribution in [0.3, 0.4) is 0 Å². The molecule has 2 aromatic heterocycles. The molecule has 5 rings (SSSR count). The third kappa shape index (κ3) is 3.39. The van der Waals surface area contributed by atoms with E-state index in [4.69, 9.17) is 21.7 Å². The van der Waals surface area contributed by atoms with E-state index in [1.165, 1.54) is 16.8 Å². The Kier molecular flexibility index (Phi) is 4.83. The molecule has 0 radical (unpaired) electrons. The van der Waals surface area contributed by atoms with Crippen molar-refractivity contribution in [3.63, 3.8) is 0 Å². The monoisotopic (exact) mass is 417 g/mol. The highest BCUT2D eigenvalue weighted by Gasteiger charge is 2.22. The number of fused-ring (bicyclic) bond motifs is 1. The van der Waals surface area contributed by atoms with E-state index < -0.39 is 0 Å². The number of hydrogen-bond acceptors (Lipinski definition) is 4. The summed E-state index contributed by atoms with van der Waals surface area (Å²) < 4.78 is 1.91. The number of nitrogens with zero attached hydrogens (tertiary/aromatic N) is 5. The molecule has 1 aliphatic rings. The summed E-state index contributed by atoms with van der Waals surface area (Å²) in [7, 11) is 0. The summed E-state index contributed by atoms with van der Waals surface area (Å²) in [5.41, 5.74) is 6.99. The summed E-state index contributed by atoms with van der Waals surface area (Å²) in [5, 5.41) is 5.46. The zero-order valence-corrected chi connectivity index (χ0v) is 18.0. The molecule has 1 saturated heterocycles. The van der Waals surface area contributed by atoms with Crippen molar-refractivity contribution >= 4 is 28.6 Å². The van der Waals surface area contributed by atoms with Crippen molar-refractivity contribution in [1.82, 2.24) is 14.6 Å². The van der Waals surface area contributed by atoms with Gasteiger partial charge in [-0.05, 0) is 49.2 Å². The molecule has 0 unspecified atom stereocenters. The fraction of sp³-hybridized carbons (Fsp3) is 0.250. The fourth-order valence-corrected chi connectivity index (χ4v) is 4.37. The molecule has 0 spiro atoms. The van der Waals surface area contributed by atoms with Gasteiger partial charge in [-0.15, -0.1) is 0 Å². The van der Waals surface area contributed by atoms with Crippen LogP contribution in [0.25, 0.3) is 16.8 Å². The van der Waals surface area contributed by atoms with Crippen molar-refractivity contribution < 1.29 is 0 Å². The molecule has 0 N–H and O–H groups in total. The first kappa shape index (κ1) is 18.9.